The third kappa shape index (κ3) is 2.74. The van der Waals surface area contributed by atoms with Crippen LogP contribution in [0, 0.1) is 5.41 Å². The van der Waals surface area contributed by atoms with E-state index in [1.807, 2.05) is 4.90 Å². The van der Waals surface area contributed by atoms with E-state index in [1.165, 1.54) is 0 Å². The van der Waals surface area contributed by atoms with Gasteiger partial charge in [-0.25, -0.2) is 0 Å². The van der Waals surface area contributed by atoms with Gasteiger partial charge in [-0.05, 0) is 32.2 Å². The molecule has 4 heteroatoms. The first kappa shape index (κ1) is 13.5. The summed E-state index contributed by atoms with van der Waals surface area (Å²) >= 11 is 0. The molecule has 1 aliphatic heterocycles. The molecular weight excluding hydrogens is 206 g/mol. The number of hydrogen-bond donors (Lipinski definition) is 2. The second kappa shape index (κ2) is 5.64. The number of likely N-dealkylation sites (tertiary alicyclic amines) is 1. The van der Waals surface area contributed by atoms with Gasteiger partial charge in [0, 0.05) is 18.6 Å². The number of carboxylic acids is 1. The van der Waals surface area contributed by atoms with E-state index < -0.39 is 5.97 Å². The summed E-state index contributed by atoms with van der Waals surface area (Å²) in [6, 6.07) is -0.343. The average molecular weight is 229 g/mol. The number of aliphatic hydroxyl groups excluding tert-OH is 1. The lowest BCUT2D eigenvalue weighted by molar-refractivity contribution is -0.142. The van der Waals surface area contributed by atoms with Gasteiger partial charge in [-0.3, -0.25) is 9.69 Å². The molecule has 1 saturated heterocycles. The van der Waals surface area contributed by atoms with E-state index in [4.69, 9.17) is 5.11 Å². The molecule has 0 spiro atoms. The SMILES string of the molecule is CCC(CC)(CO)CN1CCCC1C(=O)O. The van der Waals surface area contributed by atoms with Crippen LogP contribution in [0.1, 0.15) is 39.5 Å². The van der Waals surface area contributed by atoms with Gasteiger partial charge in [0.25, 0.3) is 0 Å². The van der Waals surface area contributed by atoms with Gasteiger partial charge in [-0.1, -0.05) is 13.8 Å². The Hall–Kier alpha value is -0.610. The fraction of sp³-hybridized carbons (Fsp3) is 0.917. The molecule has 0 aromatic carbocycles. The molecule has 0 radical (unpaired) electrons. The van der Waals surface area contributed by atoms with E-state index in [0.717, 1.165) is 32.2 Å². The van der Waals surface area contributed by atoms with E-state index in [9.17, 15) is 9.90 Å². The van der Waals surface area contributed by atoms with Crippen molar-refractivity contribution in [3.8, 4) is 0 Å². The number of nitrogens with zero attached hydrogens (tertiary/aromatic N) is 1. The molecule has 1 unspecified atom stereocenters. The maximum atomic E-state index is 11.1. The van der Waals surface area contributed by atoms with Crippen molar-refractivity contribution in [2.24, 2.45) is 5.41 Å². The van der Waals surface area contributed by atoms with E-state index in [2.05, 4.69) is 13.8 Å². The van der Waals surface area contributed by atoms with Gasteiger partial charge in [0.05, 0.1) is 0 Å². The third-order valence-corrected chi connectivity index (χ3v) is 4.02. The molecule has 1 heterocycles. The molecule has 4 nitrogen and oxygen atoms in total. The van der Waals surface area contributed by atoms with Crippen molar-refractivity contribution in [3.05, 3.63) is 0 Å². The summed E-state index contributed by atoms with van der Waals surface area (Å²) in [5.41, 5.74) is -0.127. The van der Waals surface area contributed by atoms with Crippen LogP contribution < -0.4 is 0 Å². The molecule has 2 N–H and O–H groups in total. The van der Waals surface area contributed by atoms with Crippen molar-refractivity contribution in [2.45, 2.75) is 45.6 Å². The Labute approximate surface area is 97.3 Å². The normalized spacial score (nSPS) is 22.6. The number of aliphatic carboxylic acids is 1. The summed E-state index contributed by atoms with van der Waals surface area (Å²) in [5.74, 6) is -0.725. The minimum Gasteiger partial charge on any atom is -0.480 e. The Balaban J connectivity index is 2.67. The van der Waals surface area contributed by atoms with E-state index in [-0.39, 0.29) is 18.1 Å². The molecule has 1 rings (SSSR count). The van der Waals surface area contributed by atoms with Gasteiger partial charge in [0.2, 0.25) is 0 Å². The summed E-state index contributed by atoms with van der Waals surface area (Å²) in [6.45, 7) is 5.81. The molecule has 0 aromatic rings. The minimum absolute atomic E-state index is 0.127. The zero-order valence-electron chi connectivity index (χ0n) is 10.3. The maximum absolute atomic E-state index is 11.1. The molecule has 0 aliphatic carbocycles. The van der Waals surface area contributed by atoms with Crippen LogP contribution >= 0.6 is 0 Å². The Morgan fingerprint density at radius 3 is 2.50 bits per heavy atom. The summed E-state index contributed by atoms with van der Waals surface area (Å²) in [4.78, 5) is 13.1. The monoisotopic (exact) mass is 229 g/mol. The predicted molar refractivity (Wildman–Crippen MR) is 62.3 cm³/mol. The molecule has 0 bridgehead atoms. The Morgan fingerprint density at radius 2 is 2.06 bits per heavy atom. The highest BCUT2D eigenvalue weighted by molar-refractivity contribution is 5.73. The number of rotatable bonds is 6. The average Bonchev–Trinajstić information content (AvgIpc) is 2.74. The zero-order chi connectivity index (χ0) is 12.2. The number of hydrogen-bond acceptors (Lipinski definition) is 3. The maximum Gasteiger partial charge on any atom is 0.320 e. The molecule has 0 amide bonds. The second-order valence-electron chi connectivity index (χ2n) is 4.83. The fourth-order valence-corrected chi connectivity index (χ4v) is 2.47. The van der Waals surface area contributed by atoms with Crippen molar-refractivity contribution in [1.29, 1.82) is 0 Å². The Kier molecular flexibility index (Phi) is 4.74. The van der Waals surface area contributed by atoms with Crippen LogP contribution in [0.5, 0.6) is 0 Å². The van der Waals surface area contributed by atoms with Gasteiger partial charge >= 0.3 is 5.97 Å². The first-order valence-electron chi connectivity index (χ1n) is 6.16. The van der Waals surface area contributed by atoms with Crippen LogP contribution in [0.15, 0.2) is 0 Å². The summed E-state index contributed by atoms with van der Waals surface area (Å²) < 4.78 is 0. The van der Waals surface area contributed by atoms with Crippen molar-refractivity contribution < 1.29 is 15.0 Å². The molecule has 1 aliphatic rings. The molecule has 0 aromatic heterocycles. The lowest BCUT2D eigenvalue weighted by Gasteiger charge is -2.35. The van der Waals surface area contributed by atoms with Crippen LogP contribution in [0.4, 0.5) is 0 Å². The van der Waals surface area contributed by atoms with E-state index in [1.54, 1.807) is 0 Å². The van der Waals surface area contributed by atoms with Crippen LogP contribution in [-0.4, -0.2) is 46.8 Å². The number of carbonyl (C=O) groups is 1. The van der Waals surface area contributed by atoms with Gasteiger partial charge in [-0.15, -0.1) is 0 Å². The van der Waals surface area contributed by atoms with Crippen LogP contribution in [0.3, 0.4) is 0 Å². The third-order valence-electron chi connectivity index (χ3n) is 4.02. The minimum atomic E-state index is -0.725. The highest BCUT2D eigenvalue weighted by Crippen LogP contribution is 2.30. The Morgan fingerprint density at radius 1 is 1.44 bits per heavy atom. The van der Waals surface area contributed by atoms with Gasteiger partial charge in [0.1, 0.15) is 6.04 Å². The highest BCUT2D eigenvalue weighted by Gasteiger charge is 2.36. The first-order valence-corrected chi connectivity index (χ1v) is 6.16. The van der Waals surface area contributed by atoms with Crippen LogP contribution in [0.2, 0.25) is 0 Å². The standard InChI is InChI=1S/C12H23NO3/c1-3-12(4-2,9-14)8-13-7-5-6-10(13)11(15)16/h10,14H,3-9H2,1-2H3,(H,15,16). The smallest absolute Gasteiger partial charge is 0.320 e. The fourth-order valence-electron chi connectivity index (χ4n) is 2.47. The number of carboxylic acid groups (broad SMARTS) is 1. The first-order chi connectivity index (χ1) is 7.58. The molecule has 16 heavy (non-hydrogen) atoms. The summed E-state index contributed by atoms with van der Waals surface area (Å²) in [6.07, 6.45) is 3.47. The van der Waals surface area contributed by atoms with E-state index >= 15 is 0 Å². The van der Waals surface area contributed by atoms with Crippen molar-refractivity contribution in [3.63, 3.8) is 0 Å². The van der Waals surface area contributed by atoms with Crippen LogP contribution in [0.25, 0.3) is 0 Å². The topological polar surface area (TPSA) is 60.8 Å². The predicted octanol–water partition coefficient (Wildman–Crippen LogP) is 1.33. The van der Waals surface area contributed by atoms with Crippen molar-refractivity contribution in [1.82, 2.24) is 4.90 Å². The second-order valence-corrected chi connectivity index (χ2v) is 4.83. The van der Waals surface area contributed by atoms with Gasteiger partial charge < -0.3 is 10.2 Å². The molecule has 0 saturated carbocycles. The number of aliphatic hydroxyl groups is 1. The molecule has 1 fully saturated rings. The van der Waals surface area contributed by atoms with E-state index in [0.29, 0.717) is 6.54 Å². The highest BCUT2D eigenvalue weighted by atomic mass is 16.4. The molecular formula is C12H23NO3. The van der Waals surface area contributed by atoms with Gasteiger partial charge in [-0.2, -0.15) is 0 Å². The lowest BCUT2D eigenvalue weighted by Crippen LogP contribution is -2.44. The quantitative estimate of drug-likeness (QED) is 0.721. The molecule has 94 valence electrons. The molecule has 1 atom stereocenters. The summed E-state index contributed by atoms with van der Waals surface area (Å²) in [7, 11) is 0. The summed E-state index contributed by atoms with van der Waals surface area (Å²) in [5, 5.41) is 18.6. The van der Waals surface area contributed by atoms with Gasteiger partial charge in [0.15, 0.2) is 0 Å². The zero-order valence-corrected chi connectivity index (χ0v) is 10.3. The largest absolute Gasteiger partial charge is 0.480 e. The van der Waals surface area contributed by atoms with Crippen molar-refractivity contribution in [2.75, 3.05) is 19.7 Å². The van der Waals surface area contributed by atoms with Crippen LogP contribution in [-0.2, 0) is 4.79 Å². The lowest BCUT2D eigenvalue weighted by atomic mass is 9.82. The van der Waals surface area contributed by atoms with Crippen molar-refractivity contribution >= 4 is 5.97 Å². The Bertz CT molecular complexity index is 230.